The summed E-state index contributed by atoms with van der Waals surface area (Å²) in [7, 11) is 1.59. The first-order valence-corrected chi connectivity index (χ1v) is 29.1. The van der Waals surface area contributed by atoms with Gasteiger partial charge in [0.05, 0.1) is 42.5 Å². The molecule has 342 valence electrons. The fourth-order valence-electron chi connectivity index (χ4n) is 8.35. The van der Waals surface area contributed by atoms with Crippen molar-refractivity contribution in [1.82, 2.24) is 19.9 Å². The van der Waals surface area contributed by atoms with Crippen LogP contribution in [0.15, 0.2) is 90.0 Å². The molecule has 4 aromatic heterocycles. The van der Waals surface area contributed by atoms with E-state index in [0.29, 0.717) is 30.7 Å². The van der Waals surface area contributed by atoms with Crippen LogP contribution in [0.25, 0.3) is 22.5 Å². The quantitative estimate of drug-likeness (QED) is 0.0729. The number of carbonyl (C=O) groups is 2. The monoisotopic (exact) mass is 1020 g/mol. The van der Waals surface area contributed by atoms with E-state index in [-0.39, 0.29) is 17.4 Å². The topological polar surface area (TPSA) is 157 Å². The lowest BCUT2D eigenvalue weighted by atomic mass is 9.92. The lowest BCUT2D eigenvalue weighted by molar-refractivity contribution is -0.119. The summed E-state index contributed by atoms with van der Waals surface area (Å²) in [6, 6.07) is 23.1. The van der Waals surface area contributed by atoms with Gasteiger partial charge in [-0.05, 0) is 134 Å². The second-order valence-corrected chi connectivity index (χ2v) is 32.5. The number of rotatable bonds is 9. The van der Waals surface area contributed by atoms with Crippen LogP contribution in [0.4, 0.5) is 11.6 Å². The van der Waals surface area contributed by atoms with Crippen LogP contribution in [0, 0.1) is 27.7 Å². The van der Waals surface area contributed by atoms with Crippen LogP contribution in [0.5, 0.6) is 17.4 Å². The number of ether oxygens (including phenoxy) is 3. The van der Waals surface area contributed by atoms with E-state index in [0.717, 1.165) is 106 Å². The summed E-state index contributed by atoms with van der Waals surface area (Å²) in [5.41, 5.74) is 10.1. The Balaban J connectivity index is 0.000000163. The van der Waals surface area contributed by atoms with Crippen LogP contribution in [-0.4, -0.2) is 57.6 Å². The number of halogens is 1. The summed E-state index contributed by atoms with van der Waals surface area (Å²) in [6.45, 7) is 16.4. The SMILES string of the molecule is COc1ccc(-c2nc(NC(=O)C3(c4ccc5c(c4)CCO5)CC3)cc(C)c2C)cn1.C[Si](C)(C)I.Cc1cc(NC(=O)C2(c3ccc4c(c3)CCO4)CC2)nc(-c2ccc(=O)[nH]c2)c1C. The smallest absolute Gasteiger partial charge is 0.247 e. The molecule has 0 atom stereocenters. The molecule has 2 aromatic carbocycles. The first-order valence-electron chi connectivity index (χ1n) is 22.5. The maximum Gasteiger partial charge on any atom is 0.247 e. The molecule has 0 bridgehead atoms. The third-order valence-electron chi connectivity index (χ3n) is 12.7. The maximum absolute atomic E-state index is 13.3. The molecule has 2 saturated carbocycles. The number of aromatic nitrogens is 4. The first kappa shape index (κ1) is 46.6. The Labute approximate surface area is 400 Å². The lowest BCUT2D eigenvalue weighted by Gasteiger charge is -2.18. The molecule has 0 spiro atoms. The number of nitrogens with one attached hydrogen (secondary N) is 3. The number of H-pyrrole nitrogens is 1. The molecule has 2 amide bonds. The van der Waals surface area contributed by atoms with Crippen LogP contribution in [0.3, 0.4) is 0 Å². The van der Waals surface area contributed by atoms with E-state index in [1.165, 1.54) is 17.2 Å². The van der Waals surface area contributed by atoms with Crippen LogP contribution in [0.1, 0.15) is 70.2 Å². The van der Waals surface area contributed by atoms with Gasteiger partial charge in [-0.3, -0.25) is 14.4 Å². The fraction of sp³-hybridized carbons (Fsp3) is 0.346. The van der Waals surface area contributed by atoms with Crippen LogP contribution < -0.4 is 30.4 Å². The lowest BCUT2D eigenvalue weighted by Crippen LogP contribution is -2.28. The van der Waals surface area contributed by atoms with Gasteiger partial charge in [-0.1, -0.05) is 43.9 Å². The Bertz CT molecular complexity index is 2860. The molecule has 0 unspecified atom stereocenters. The number of aryl methyl sites for hydroxylation is 2. The first-order chi connectivity index (χ1) is 31.5. The van der Waals surface area contributed by atoms with Crippen molar-refractivity contribution in [3.8, 4) is 39.9 Å². The van der Waals surface area contributed by atoms with Gasteiger partial charge in [0.15, 0.2) is 0 Å². The van der Waals surface area contributed by atoms with Gasteiger partial charge in [0.1, 0.15) is 28.7 Å². The third-order valence-corrected chi connectivity index (χ3v) is 12.7. The number of hydrogen-bond donors (Lipinski definition) is 3. The Morgan fingerprint density at radius 2 is 1.17 bits per heavy atom. The molecule has 66 heavy (non-hydrogen) atoms. The van der Waals surface area contributed by atoms with Gasteiger partial charge in [0.2, 0.25) is 23.3 Å². The molecule has 12 nitrogen and oxygen atoms in total. The van der Waals surface area contributed by atoms with Crippen LogP contribution in [0.2, 0.25) is 19.6 Å². The number of benzene rings is 2. The van der Waals surface area contributed by atoms with Crippen LogP contribution in [-0.2, 0) is 33.3 Å². The van der Waals surface area contributed by atoms with Crippen molar-refractivity contribution in [3.63, 3.8) is 0 Å². The number of fused-ring (bicyclic) bond motifs is 2. The summed E-state index contributed by atoms with van der Waals surface area (Å²) in [5, 5.41) is 6.13. The number of aromatic amines is 1. The molecule has 2 aliphatic carbocycles. The Hall–Kier alpha value is -5.87. The van der Waals surface area contributed by atoms with E-state index >= 15 is 0 Å². The average molecular weight is 1020 g/mol. The van der Waals surface area contributed by atoms with E-state index in [4.69, 9.17) is 24.2 Å². The predicted octanol–water partition coefficient (Wildman–Crippen LogP) is 10.3. The van der Waals surface area contributed by atoms with Crippen molar-refractivity contribution in [3.05, 3.63) is 140 Å². The standard InChI is InChI=1S/C25H25N3O3.C24H23N3O3.C3H9ISi/c1-15-12-21(27-23(16(15)2)18-4-7-22(30-3)26-14-18)28-24(29)25(9-10-25)19-5-6-20-17(13-19)8-11-31-20;1-14-11-20(26-22(15(14)2)17-3-6-21(28)25-13-17)27-23(29)24(8-9-24)18-4-5-19-16(12-18)7-10-30-19;1-5(2,3)4/h4-7,12-14H,8-11H2,1-3H3,(H,27,28,29);3-6,11-13H,7-10H2,1-2H3,(H,25,28)(H,26,27,29);1-3H3. The molecular formula is C52H57IN6O6Si. The number of anilines is 2. The third kappa shape index (κ3) is 10.2. The molecule has 2 aliphatic heterocycles. The molecule has 10 rings (SSSR count). The maximum atomic E-state index is 13.3. The molecule has 3 N–H and O–H groups in total. The van der Waals surface area contributed by atoms with Crippen molar-refractivity contribution < 1.29 is 23.8 Å². The molecule has 0 saturated heterocycles. The summed E-state index contributed by atoms with van der Waals surface area (Å²) in [6.07, 6.45) is 8.54. The summed E-state index contributed by atoms with van der Waals surface area (Å²) < 4.78 is 16.4. The Morgan fingerprint density at radius 3 is 1.58 bits per heavy atom. The number of nitrogens with zero attached hydrogens (tertiary/aromatic N) is 3. The van der Waals surface area contributed by atoms with Crippen LogP contribution >= 0.6 is 21.8 Å². The minimum Gasteiger partial charge on any atom is -0.493 e. The zero-order valence-corrected chi connectivity index (χ0v) is 42.1. The number of hydrogen-bond acceptors (Lipinski definition) is 9. The zero-order chi connectivity index (χ0) is 47.0. The van der Waals surface area contributed by atoms with Crippen molar-refractivity contribution in [1.29, 1.82) is 0 Å². The number of amides is 2. The van der Waals surface area contributed by atoms with Gasteiger partial charge in [0.25, 0.3) is 0 Å². The van der Waals surface area contributed by atoms with E-state index in [1.54, 1.807) is 25.6 Å². The van der Waals surface area contributed by atoms with Gasteiger partial charge in [-0.15, -0.1) is 21.8 Å². The average Bonchev–Trinajstić information content (AvgIpc) is 4.19. The molecule has 2 fully saturated rings. The highest BCUT2D eigenvalue weighted by Crippen LogP contribution is 2.51. The predicted molar refractivity (Wildman–Crippen MR) is 271 cm³/mol. The summed E-state index contributed by atoms with van der Waals surface area (Å²) in [5.74, 6) is 3.49. The highest BCUT2D eigenvalue weighted by Gasteiger charge is 2.52. The minimum atomic E-state index is -0.641. The van der Waals surface area contributed by atoms with Crippen molar-refractivity contribution in [2.75, 3.05) is 31.0 Å². The molecule has 4 aliphatic rings. The highest BCUT2D eigenvalue weighted by atomic mass is 127. The summed E-state index contributed by atoms with van der Waals surface area (Å²) in [4.78, 5) is 54.4. The normalized spacial score (nSPS) is 15.5. The fourth-order valence-corrected chi connectivity index (χ4v) is 8.35. The molecular weight excluding hydrogens is 960 g/mol. The zero-order valence-electron chi connectivity index (χ0n) is 38.9. The van der Waals surface area contributed by atoms with Gasteiger partial charge >= 0.3 is 0 Å². The largest absolute Gasteiger partial charge is 0.493 e. The summed E-state index contributed by atoms with van der Waals surface area (Å²) >= 11 is 2.52. The van der Waals surface area contributed by atoms with Gasteiger partial charge in [-0.25, -0.2) is 15.0 Å². The Kier molecular flexibility index (Phi) is 13.3. The van der Waals surface area contributed by atoms with E-state index in [9.17, 15) is 14.4 Å². The second-order valence-electron chi connectivity index (χ2n) is 18.6. The van der Waals surface area contributed by atoms with Crippen molar-refractivity contribution in [2.45, 2.75) is 96.7 Å². The number of methoxy groups -OCH3 is 1. The van der Waals surface area contributed by atoms with Gasteiger partial charge < -0.3 is 29.8 Å². The minimum absolute atomic E-state index is 0.000856. The van der Waals surface area contributed by atoms with Crippen molar-refractivity contribution in [2.24, 2.45) is 0 Å². The second kappa shape index (κ2) is 18.8. The molecule has 6 aromatic rings. The molecule has 14 heteroatoms. The van der Waals surface area contributed by atoms with Gasteiger partial charge in [-0.2, -0.15) is 0 Å². The van der Waals surface area contributed by atoms with Gasteiger partial charge in [0, 0.05) is 48.5 Å². The number of pyridine rings is 4. The molecule has 0 radical (unpaired) electrons. The van der Waals surface area contributed by atoms with E-state index in [1.807, 2.05) is 76.2 Å². The Morgan fingerprint density at radius 1 is 0.697 bits per heavy atom. The highest BCUT2D eigenvalue weighted by molar-refractivity contribution is 14.1. The van der Waals surface area contributed by atoms with E-state index < -0.39 is 16.4 Å². The molecule has 6 heterocycles. The number of carbonyl (C=O) groups excluding carboxylic acids is 2. The van der Waals surface area contributed by atoms with E-state index in [2.05, 4.69) is 74.2 Å². The van der Waals surface area contributed by atoms with Crippen molar-refractivity contribution >= 4 is 50.8 Å².